The van der Waals surface area contributed by atoms with Crippen LogP contribution in [0.5, 0.6) is 0 Å². The average Bonchev–Trinajstić information content (AvgIpc) is 2.52. The predicted molar refractivity (Wildman–Crippen MR) is 100 cm³/mol. The number of hydrogen-bond donors (Lipinski definition) is 1. The van der Waals surface area contributed by atoms with Gasteiger partial charge in [0.15, 0.2) is 0 Å². The Morgan fingerprint density at radius 3 is 1.38 bits per heavy atom. The van der Waals surface area contributed by atoms with Crippen LogP contribution in [0.2, 0.25) is 0 Å². The second-order valence-electron chi connectivity index (χ2n) is 4.49. The van der Waals surface area contributed by atoms with Gasteiger partial charge in [0, 0.05) is 0 Å². The molecule has 0 radical (unpaired) electrons. The van der Waals surface area contributed by atoms with Crippen LogP contribution in [0.25, 0.3) is 0 Å². The van der Waals surface area contributed by atoms with E-state index in [0.29, 0.717) is 0 Å². The first-order chi connectivity index (χ1) is 11.2. The van der Waals surface area contributed by atoms with E-state index >= 15 is 0 Å². The number of nitrogens with two attached hydrogens (primary N) is 1. The maximum Gasteiger partial charge on any atom is 0.403 e. The van der Waals surface area contributed by atoms with Crippen LogP contribution < -0.4 is 5.50 Å². The van der Waals surface area contributed by atoms with Gasteiger partial charge in [0.25, 0.3) is 3.25 Å². The highest BCUT2D eigenvalue weighted by atomic mass is 35.6. The van der Waals surface area contributed by atoms with Crippen LogP contribution in [0.1, 0.15) is 11.1 Å². The molecule has 0 aliphatic heterocycles. The van der Waals surface area contributed by atoms with Crippen LogP contribution in [0.15, 0.2) is 60.7 Å². The van der Waals surface area contributed by atoms with Gasteiger partial charge < -0.3 is 0 Å². The molecule has 0 unspecified atom stereocenters. The maximum atomic E-state index is 11.9. The molecule has 0 aliphatic carbocycles. The van der Waals surface area contributed by atoms with Crippen molar-refractivity contribution in [3.63, 3.8) is 0 Å². The molecule has 132 valence electrons. The lowest BCUT2D eigenvalue weighted by molar-refractivity contribution is 0.191. The molecule has 0 amide bonds. The van der Waals surface area contributed by atoms with E-state index in [4.69, 9.17) is 61.0 Å². The van der Waals surface area contributed by atoms with Gasteiger partial charge in [-0.25, -0.2) is 10.1 Å². The minimum absolute atomic E-state index is 0.170. The molecule has 24 heavy (non-hydrogen) atoms. The average molecular weight is 431 g/mol. The van der Waals surface area contributed by atoms with Crippen molar-refractivity contribution >= 4 is 54.2 Å². The largest absolute Gasteiger partial charge is 0.403 e. The van der Waals surface area contributed by atoms with Gasteiger partial charge in [0.05, 0.1) is 13.2 Å². The molecule has 0 heterocycles. The first kappa shape index (κ1) is 21.8. The summed E-state index contributed by atoms with van der Waals surface area (Å²) in [6.45, 7) is 0.340. The fourth-order valence-corrected chi connectivity index (χ4v) is 2.25. The maximum absolute atomic E-state index is 11.9. The zero-order valence-electron chi connectivity index (χ0n) is 12.4. The Morgan fingerprint density at radius 1 is 0.792 bits per heavy atom. The van der Waals surface area contributed by atoms with E-state index in [1.165, 1.54) is 0 Å². The van der Waals surface area contributed by atoms with Crippen molar-refractivity contribution in [2.45, 2.75) is 16.5 Å². The van der Waals surface area contributed by atoms with Crippen molar-refractivity contribution < 1.29 is 13.6 Å². The fourth-order valence-electron chi connectivity index (χ4n) is 1.51. The highest BCUT2D eigenvalue weighted by Crippen LogP contribution is 2.40. The standard InChI is InChI=1S/C14H16NO3P.CCl4/c15-19(16,17-11-13-7-3-1-4-8-13)18-12-14-9-5-2-6-10-14;2-1(3,4)5/h1-10H,11-12H2,(H2,15,16);. The summed E-state index contributed by atoms with van der Waals surface area (Å²) in [5.41, 5.74) is 7.32. The molecular weight excluding hydrogens is 415 g/mol. The molecule has 2 N–H and O–H groups in total. The third-order valence-corrected chi connectivity index (χ3v) is 3.49. The first-order valence-corrected chi connectivity index (χ1v) is 9.79. The zero-order chi connectivity index (χ0) is 18.1. The van der Waals surface area contributed by atoms with Gasteiger partial charge in [0.1, 0.15) is 0 Å². The normalized spacial score (nSPS) is 11.5. The first-order valence-electron chi connectivity index (χ1n) is 6.67. The molecule has 2 rings (SSSR count). The van der Waals surface area contributed by atoms with E-state index in [1.807, 2.05) is 60.7 Å². The summed E-state index contributed by atoms with van der Waals surface area (Å²) >= 11 is 19.3. The topological polar surface area (TPSA) is 61.6 Å². The van der Waals surface area contributed by atoms with Gasteiger partial charge in [-0.15, -0.1) is 0 Å². The van der Waals surface area contributed by atoms with Crippen molar-refractivity contribution in [2.75, 3.05) is 0 Å². The summed E-state index contributed by atoms with van der Waals surface area (Å²) in [5.74, 6) is 0. The minimum Gasteiger partial charge on any atom is -0.292 e. The Kier molecular flexibility index (Phi) is 9.65. The summed E-state index contributed by atoms with van der Waals surface area (Å²) in [5, 5.41) is 0. The molecule has 0 aliphatic rings. The molecular formula is C15H16Cl4NO3P. The molecule has 0 bridgehead atoms. The molecule has 2 aromatic rings. The quantitative estimate of drug-likeness (QED) is 0.448. The Bertz CT molecular complexity index is 585. The lowest BCUT2D eigenvalue weighted by Gasteiger charge is -2.13. The van der Waals surface area contributed by atoms with E-state index in [2.05, 4.69) is 0 Å². The zero-order valence-corrected chi connectivity index (χ0v) is 16.4. The Morgan fingerprint density at radius 2 is 1.08 bits per heavy atom. The summed E-state index contributed by atoms with van der Waals surface area (Å²) in [7, 11) is -3.52. The molecule has 4 nitrogen and oxygen atoms in total. The molecule has 0 saturated heterocycles. The second-order valence-corrected chi connectivity index (χ2v) is 9.51. The van der Waals surface area contributed by atoms with Crippen molar-refractivity contribution in [3.05, 3.63) is 71.8 Å². The SMILES string of the molecule is ClC(Cl)(Cl)Cl.NP(=O)(OCc1ccccc1)OCc1ccccc1. The molecule has 0 atom stereocenters. The van der Waals surface area contributed by atoms with Crippen molar-refractivity contribution in [2.24, 2.45) is 5.50 Å². The van der Waals surface area contributed by atoms with Gasteiger partial charge in [-0.2, -0.15) is 0 Å². The smallest absolute Gasteiger partial charge is 0.292 e. The Labute approximate surface area is 161 Å². The van der Waals surface area contributed by atoms with Crippen LogP contribution in [-0.2, 0) is 26.8 Å². The van der Waals surface area contributed by atoms with E-state index in [-0.39, 0.29) is 13.2 Å². The molecule has 2 aromatic carbocycles. The van der Waals surface area contributed by atoms with Gasteiger partial charge in [-0.1, -0.05) is 107 Å². The Balaban J connectivity index is 0.000000505. The van der Waals surface area contributed by atoms with Crippen LogP contribution in [-0.4, -0.2) is 3.25 Å². The number of hydrogen-bond acceptors (Lipinski definition) is 3. The third kappa shape index (κ3) is 12.1. The van der Waals surface area contributed by atoms with E-state index in [1.54, 1.807) is 0 Å². The van der Waals surface area contributed by atoms with Crippen LogP contribution in [0, 0.1) is 0 Å². The number of rotatable bonds is 6. The van der Waals surface area contributed by atoms with Crippen molar-refractivity contribution in [1.82, 2.24) is 0 Å². The van der Waals surface area contributed by atoms with Crippen molar-refractivity contribution in [1.29, 1.82) is 0 Å². The van der Waals surface area contributed by atoms with Crippen LogP contribution >= 0.6 is 54.2 Å². The number of halogens is 4. The highest BCUT2D eigenvalue weighted by Gasteiger charge is 2.18. The molecule has 0 saturated carbocycles. The van der Waals surface area contributed by atoms with Gasteiger partial charge >= 0.3 is 7.75 Å². The fraction of sp³-hybridized carbons (Fsp3) is 0.200. The summed E-state index contributed by atoms with van der Waals surface area (Å²) in [6, 6.07) is 18.8. The lowest BCUT2D eigenvalue weighted by Crippen LogP contribution is -2.04. The minimum atomic E-state index is -3.52. The summed E-state index contributed by atoms with van der Waals surface area (Å²) < 4.78 is 20.6. The molecule has 0 fully saturated rings. The van der Waals surface area contributed by atoms with Crippen LogP contribution in [0.4, 0.5) is 0 Å². The van der Waals surface area contributed by atoms with Gasteiger partial charge in [-0.05, 0) is 11.1 Å². The number of alkyl halides is 4. The van der Waals surface area contributed by atoms with Crippen LogP contribution in [0.3, 0.4) is 0 Å². The second kappa shape index (κ2) is 10.6. The van der Waals surface area contributed by atoms with Crippen molar-refractivity contribution in [3.8, 4) is 0 Å². The lowest BCUT2D eigenvalue weighted by atomic mass is 10.2. The third-order valence-electron chi connectivity index (χ3n) is 2.51. The summed E-state index contributed by atoms with van der Waals surface area (Å²) in [4.78, 5) is 0. The highest BCUT2D eigenvalue weighted by molar-refractivity contribution is 7.51. The van der Waals surface area contributed by atoms with E-state index in [0.717, 1.165) is 11.1 Å². The van der Waals surface area contributed by atoms with Gasteiger partial charge in [-0.3, -0.25) is 9.05 Å². The molecule has 9 heteroatoms. The Hall–Kier alpha value is -0.290. The van der Waals surface area contributed by atoms with E-state index in [9.17, 15) is 4.57 Å². The molecule has 0 aromatic heterocycles. The monoisotopic (exact) mass is 429 g/mol. The predicted octanol–water partition coefficient (Wildman–Crippen LogP) is 6.04. The van der Waals surface area contributed by atoms with E-state index < -0.39 is 11.0 Å². The molecule has 0 spiro atoms. The number of benzene rings is 2. The summed E-state index contributed by atoms with van der Waals surface area (Å²) in [6.07, 6.45) is 0. The van der Waals surface area contributed by atoms with Gasteiger partial charge in [0.2, 0.25) is 0 Å².